The summed E-state index contributed by atoms with van der Waals surface area (Å²) in [4.78, 5) is 0. The van der Waals surface area contributed by atoms with Gasteiger partial charge < -0.3 is 0 Å². The second-order valence-corrected chi connectivity index (χ2v) is 13.6. The summed E-state index contributed by atoms with van der Waals surface area (Å²) in [6.45, 7) is 11.9. The highest BCUT2D eigenvalue weighted by molar-refractivity contribution is 5.96. The van der Waals surface area contributed by atoms with E-state index in [1.165, 1.54) is 73.8 Å². The fourth-order valence-electron chi connectivity index (χ4n) is 8.49. The molecule has 0 aliphatic carbocycles. The minimum absolute atomic E-state index is 0.0988. The van der Waals surface area contributed by atoms with Crippen LogP contribution in [0, 0.1) is 0 Å². The smallest absolute Gasteiger partial charge is 0.192 e. The van der Waals surface area contributed by atoms with E-state index in [1.54, 1.807) is 0 Å². The Morgan fingerprint density at radius 3 is 2.15 bits per heavy atom. The summed E-state index contributed by atoms with van der Waals surface area (Å²) < 4.78 is 5.08. The van der Waals surface area contributed by atoms with Gasteiger partial charge in [-0.3, -0.25) is 0 Å². The van der Waals surface area contributed by atoms with Crippen molar-refractivity contribution < 1.29 is 8.97 Å². The Morgan fingerprint density at radius 1 is 0.652 bits per heavy atom. The molecule has 1 aliphatic heterocycles. The second kappa shape index (κ2) is 12.1. The standard InChI is InChI=1S/C44H48N2/c1-6-10-16-33-21-24-40-39(27-33)42-25-22-32(7-2)29-46(42)43(5,8-3)44(40,9-4)28-36-31-45-30-35(34-17-12-11-13-18-34)23-26-41(45)38-20-15-14-19-37(36)38/h11-15,17-27,29-31H,6-10,16,28H2,1-5H3/q+2. The summed E-state index contributed by atoms with van der Waals surface area (Å²) in [7, 11) is 0. The van der Waals surface area contributed by atoms with Gasteiger partial charge in [-0.05, 0) is 78.4 Å². The van der Waals surface area contributed by atoms with Crippen molar-refractivity contribution in [3.63, 3.8) is 0 Å². The Labute approximate surface area is 275 Å². The van der Waals surface area contributed by atoms with Gasteiger partial charge in [0.1, 0.15) is 0 Å². The van der Waals surface area contributed by atoms with Crippen LogP contribution in [0.15, 0.2) is 116 Å². The van der Waals surface area contributed by atoms with Gasteiger partial charge in [0.05, 0.1) is 16.4 Å². The minimum Gasteiger partial charge on any atom is -0.192 e. The fraction of sp³-hybridized carbons (Fsp3) is 0.318. The Morgan fingerprint density at radius 2 is 1.41 bits per heavy atom. The van der Waals surface area contributed by atoms with Crippen LogP contribution in [-0.2, 0) is 30.2 Å². The van der Waals surface area contributed by atoms with Gasteiger partial charge in [-0.1, -0.05) is 94.8 Å². The predicted octanol–water partition coefficient (Wildman–Crippen LogP) is 10.1. The van der Waals surface area contributed by atoms with Crippen LogP contribution < -0.4 is 8.97 Å². The van der Waals surface area contributed by atoms with Gasteiger partial charge in [-0.2, -0.15) is 8.97 Å². The number of rotatable bonds is 9. The number of fused-ring (bicyclic) bond motifs is 6. The molecule has 0 bridgehead atoms. The third kappa shape index (κ3) is 4.77. The molecule has 7 rings (SSSR count). The van der Waals surface area contributed by atoms with E-state index in [4.69, 9.17) is 0 Å². The second-order valence-electron chi connectivity index (χ2n) is 13.6. The van der Waals surface area contributed by atoms with Gasteiger partial charge >= 0.3 is 0 Å². The number of hydrogen-bond donors (Lipinski definition) is 0. The largest absolute Gasteiger partial charge is 0.218 e. The molecular weight excluding hydrogens is 556 g/mol. The number of nitrogens with zero attached hydrogens (tertiary/aromatic N) is 2. The third-order valence-corrected chi connectivity index (χ3v) is 11.4. The Balaban J connectivity index is 1.48. The summed E-state index contributed by atoms with van der Waals surface area (Å²) in [6.07, 6.45) is 14.9. The van der Waals surface area contributed by atoms with E-state index in [0.29, 0.717) is 0 Å². The van der Waals surface area contributed by atoms with Crippen molar-refractivity contribution in [2.75, 3.05) is 0 Å². The minimum atomic E-state index is -0.104. The molecule has 0 spiro atoms. The molecule has 2 atom stereocenters. The quantitative estimate of drug-likeness (QED) is 0.115. The highest BCUT2D eigenvalue weighted by atomic mass is 15.1. The van der Waals surface area contributed by atoms with Crippen molar-refractivity contribution in [1.29, 1.82) is 0 Å². The lowest BCUT2D eigenvalue weighted by molar-refractivity contribution is -0.766. The zero-order valence-electron chi connectivity index (χ0n) is 28.3. The van der Waals surface area contributed by atoms with Crippen molar-refractivity contribution in [2.24, 2.45) is 0 Å². The van der Waals surface area contributed by atoms with E-state index in [1.807, 2.05) is 0 Å². The molecule has 4 heterocycles. The van der Waals surface area contributed by atoms with E-state index in [0.717, 1.165) is 32.1 Å². The molecule has 2 unspecified atom stereocenters. The van der Waals surface area contributed by atoms with Crippen molar-refractivity contribution in [3.8, 4) is 22.4 Å². The van der Waals surface area contributed by atoms with E-state index in [9.17, 15) is 0 Å². The molecule has 1 aliphatic rings. The first-order valence-electron chi connectivity index (χ1n) is 17.6. The number of benzene rings is 3. The highest BCUT2D eigenvalue weighted by Crippen LogP contribution is 2.52. The number of aromatic nitrogens is 2. The molecule has 0 saturated carbocycles. The normalized spacial score (nSPS) is 18.9. The van der Waals surface area contributed by atoms with Gasteiger partial charge in [0, 0.05) is 42.2 Å². The lowest BCUT2D eigenvalue weighted by Gasteiger charge is -2.48. The maximum atomic E-state index is 2.69. The average Bonchev–Trinajstić information content (AvgIpc) is 3.12. The maximum absolute atomic E-state index is 2.69. The van der Waals surface area contributed by atoms with E-state index in [-0.39, 0.29) is 11.0 Å². The summed E-state index contributed by atoms with van der Waals surface area (Å²) in [5.41, 5.74) is 12.1. The molecule has 46 heavy (non-hydrogen) atoms. The Kier molecular flexibility index (Phi) is 8.01. The van der Waals surface area contributed by atoms with Crippen LogP contribution in [0.3, 0.4) is 0 Å². The van der Waals surface area contributed by atoms with Crippen LogP contribution in [0.5, 0.6) is 0 Å². The molecule has 0 N–H and O–H groups in total. The molecule has 232 valence electrons. The van der Waals surface area contributed by atoms with E-state index >= 15 is 0 Å². The SMILES string of the molecule is CCCCc1ccc2c(c1)-c1ccc(CC)c[n+]1C(C)(CC)C2(CC)Cc1c[n+]2cc(-c3ccccc3)ccc2c2ccccc12. The molecule has 0 radical (unpaired) electrons. The molecule has 3 aromatic carbocycles. The predicted molar refractivity (Wildman–Crippen MR) is 192 cm³/mol. The third-order valence-electron chi connectivity index (χ3n) is 11.4. The van der Waals surface area contributed by atoms with Crippen molar-refractivity contribution in [1.82, 2.24) is 0 Å². The van der Waals surface area contributed by atoms with E-state index < -0.39 is 0 Å². The number of hydrogen-bond acceptors (Lipinski definition) is 0. The molecule has 3 aromatic heterocycles. The Bertz CT molecular complexity index is 2040. The summed E-state index contributed by atoms with van der Waals surface area (Å²) >= 11 is 0. The van der Waals surface area contributed by atoms with Gasteiger partial charge in [0.2, 0.25) is 11.2 Å². The monoisotopic (exact) mass is 604 g/mol. The Hall–Kier alpha value is -4.30. The lowest BCUT2D eigenvalue weighted by Crippen LogP contribution is -2.69. The number of aryl methyl sites for hydroxylation is 2. The van der Waals surface area contributed by atoms with E-state index in [2.05, 4.69) is 159 Å². The topological polar surface area (TPSA) is 7.98 Å². The maximum Gasteiger partial charge on any atom is 0.218 e. The summed E-state index contributed by atoms with van der Waals surface area (Å²) in [6, 6.07) is 36.6. The van der Waals surface area contributed by atoms with Crippen molar-refractivity contribution in [2.45, 2.75) is 90.5 Å². The van der Waals surface area contributed by atoms with Gasteiger partial charge in [0.25, 0.3) is 0 Å². The molecule has 2 nitrogen and oxygen atoms in total. The molecular formula is C44H48N2+2. The van der Waals surface area contributed by atoms with Crippen LogP contribution >= 0.6 is 0 Å². The van der Waals surface area contributed by atoms with Crippen LogP contribution in [0.1, 0.15) is 82.6 Å². The van der Waals surface area contributed by atoms with Gasteiger partial charge in [-0.15, -0.1) is 0 Å². The molecule has 0 amide bonds. The van der Waals surface area contributed by atoms with Crippen LogP contribution in [0.4, 0.5) is 0 Å². The molecule has 2 heteroatoms. The molecule has 0 saturated heterocycles. The number of pyridine rings is 3. The average molecular weight is 605 g/mol. The molecule has 6 aromatic rings. The zero-order valence-corrected chi connectivity index (χ0v) is 28.3. The number of unbranched alkanes of at least 4 members (excludes halogenated alkanes) is 1. The van der Waals surface area contributed by atoms with Gasteiger partial charge in [0.15, 0.2) is 24.1 Å². The van der Waals surface area contributed by atoms with Crippen LogP contribution in [0.25, 0.3) is 38.7 Å². The fourth-order valence-corrected chi connectivity index (χ4v) is 8.49. The lowest BCUT2D eigenvalue weighted by atomic mass is 9.57. The summed E-state index contributed by atoms with van der Waals surface area (Å²) in [5, 5.41) is 2.68. The first-order valence-corrected chi connectivity index (χ1v) is 17.6. The summed E-state index contributed by atoms with van der Waals surface area (Å²) in [5.74, 6) is 0. The van der Waals surface area contributed by atoms with Gasteiger partial charge in [-0.25, -0.2) is 0 Å². The first kappa shape index (κ1) is 30.4. The van der Waals surface area contributed by atoms with Crippen LogP contribution in [-0.4, -0.2) is 0 Å². The van der Waals surface area contributed by atoms with Crippen molar-refractivity contribution >= 4 is 16.3 Å². The first-order chi connectivity index (χ1) is 22.5. The zero-order chi connectivity index (χ0) is 31.9. The van der Waals surface area contributed by atoms with Crippen LogP contribution in [0.2, 0.25) is 0 Å². The highest BCUT2D eigenvalue weighted by Gasteiger charge is 2.59. The van der Waals surface area contributed by atoms with Crippen molar-refractivity contribution in [3.05, 3.63) is 138 Å². The molecule has 0 fully saturated rings.